The number of anilines is 2. The number of carbonyl (C=O) groups is 2. The number of methoxy groups -OCH3 is 1. The maximum absolute atomic E-state index is 12.6. The third-order valence-corrected chi connectivity index (χ3v) is 4.04. The second-order valence-electron chi connectivity index (χ2n) is 6.01. The van der Waals surface area contributed by atoms with E-state index in [1.54, 1.807) is 48.0 Å². The van der Waals surface area contributed by atoms with Crippen LogP contribution in [-0.2, 0) is 16.6 Å². The molecule has 0 aliphatic heterocycles. The predicted octanol–water partition coefficient (Wildman–Crippen LogP) is 2.38. The van der Waals surface area contributed by atoms with E-state index in [9.17, 15) is 14.4 Å². The van der Waals surface area contributed by atoms with Crippen molar-refractivity contribution in [2.24, 2.45) is 7.05 Å². The summed E-state index contributed by atoms with van der Waals surface area (Å²) in [5.74, 6) is -0.758. The van der Waals surface area contributed by atoms with Crippen LogP contribution in [0, 0.1) is 0 Å². The van der Waals surface area contributed by atoms with Crippen molar-refractivity contribution in [1.29, 1.82) is 0 Å². The molecule has 0 saturated carbocycles. The summed E-state index contributed by atoms with van der Waals surface area (Å²) in [7, 11) is 3.23. The van der Waals surface area contributed by atoms with E-state index in [-0.39, 0.29) is 23.5 Å². The molecule has 2 aromatic carbocycles. The number of nitrogens with zero attached hydrogens (tertiary/aromatic N) is 1. The fourth-order valence-corrected chi connectivity index (χ4v) is 2.77. The molecule has 7 nitrogen and oxygen atoms in total. The highest BCUT2D eigenvalue weighted by Crippen LogP contribution is 2.15. The summed E-state index contributed by atoms with van der Waals surface area (Å²) in [5, 5.41) is 5.86. The van der Waals surface area contributed by atoms with Gasteiger partial charge in [0.05, 0.1) is 5.52 Å². The minimum atomic E-state index is -0.488. The zero-order chi connectivity index (χ0) is 19.4. The van der Waals surface area contributed by atoms with E-state index >= 15 is 0 Å². The Morgan fingerprint density at radius 3 is 2.30 bits per heavy atom. The Kier molecular flexibility index (Phi) is 5.33. The zero-order valence-corrected chi connectivity index (χ0v) is 15.0. The Labute approximate surface area is 155 Å². The second-order valence-corrected chi connectivity index (χ2v) is 6.01. The van der Waals surface area contributed by atoms with Gasteiger partial charge in [0.1, 0.15) is 12.2 Å². The number of rotatable bonds is 5. The molecule has 3 aromatic rings. The van der Waals surface area contributed by atoms with Gasteiger partial charge in [-0.1, -0.05) is 12.1 Å². The van der Waals surface area contributed by atoms with Gasteiger partial charge in [0.25, 0.3) is 5.91 Å². The molecule has 1 heterocycles. The van der Waals surface area contributed by atoms with Gasteiger partial charge in [-0.05, 0) is 36.4 Å². The molecule has 1 aromatic heterocycles. The number of nitrogens with one attached hydrogen (secondary N) is 2. The van der Waals surface area contributed by atoms with Gasteiger partial charge in [-0.3, -0.25) is 14.4 Å². The van der Waals surface area contributed by atoms with Crippen molar-refractivity contribution in [2.45, 2.75) is 0 Å². The molecule has 0 fully saturated rings. The number of pyridine rings is 1. The highest BCUT2D eigenvalue weighted by molar-refractivity contribution is 6.05. The Morgan fingerprint density at radius 1 is 1.00 bits per heavy atom. The van der Waals surface area contributed by atoms with Gasteiger partial charge < -0.3 is 19.9 Å². The molecule has 0 spiro atoms. The van der Waals surface area contributed by atoms with E-state index in [2.05, 4.69) is 10.6 Å². The lowest BCUT2D eigenvalue weighted by molar-refractivity contribution is -0.119. The molecule has 0 aliphatic rings. The van der Waals surface area contributed by atoms with Gasteiger partial charge in [0.2, 0.25) is 11.3 Å². The summed E-state index contributed by atoms with van der Waals surface area (Å²) in [4.78, 5) is 36.7. The first kappa shape index (κ1) is 18.3. The SMILES string of the molecule is COCC(=O)Nc1ccc(NC(=O)c2cn(C)c3ccccc3c2=O)cc1. The molecule has 2 amide bonds. The van der Waals surface area contributed by atoms with Crippen LogP contribution < -0.4 is 16.1 Å². The summed E-state index contributed by atoms with van der Waals surface area (Å²) < 4.78 is 6.50. The van der Waals surface area contributed by atoms with Crippen LogP contribution >= 0.6 is 0 Å². The summed E-state index contributed by atoms with van der Waals surface area (Å²) in [5.41, 5.74) is 1.60. The lowest BCUT2D eigenvalue weighted by Crippen LogP contribution is -2.23. The van der Waals surface area contributed by atoms with Crippen LogP contribution in [0.4, 0.5) is 11.4 Å². The number of aryl methyl sites for hydroxylation is 1. The third-order valence-electron chi connectivity index (χ3n) is 4.04. The van der Waals surface area contributed by atoms with Crippen LogP contribution in [0.2, 0.25) is 0 Å². The van der Waals surface area contributed by atoms with Crippen molar-refractivity contribution < 1.29 is 14.3 Å². The maximum atomic E-state index is 12.6. The van der Waals surface area contributed by atoms with Crippen molar-refractivity contribution >= 4 is 34.1 Å². The summed E-state index contributed by atoms with van der Waals surface area (Å²) in [6, 6.07) is 13.7. The smallest absolute Gasteiger partial charge is 0.261 e. The van der Waals surface area contributed by atoms with Crippen molar-refractivity contribution in [3.05, 3.63) is 70.5 Å². The lowest BCUT2D eigenvalue weighted by Gasteiger charge is -2.10. The van der Waals surface area contributed by atoms with E-state index in [4.69, 9.17) is 4.74 Å². The molecular weight excluding hydrogens is 346 g/mol. The third kappa shape index (κ3) is 4.04. The highest BCUT2D eigenvalue weighted by atomic mass is 16.5. The Bertz CT molecular complexity index is 1060. The molecule has 138 valence electrons. The number of para-hydroxylation sites is 1. The van der Waals surface area contributed by atoms with Gasteiger partial charge in [0, 0.05) is 37.1 Å². The summed E-state index contributed by atoms with van der Waals surface area (Å²) in [6.07, 6.45) is 1.53. The molecular formula is C20H19N3O4. The minimum absolute atomic E-state index is 0.0380. The van der Waals surface area contributed by atoms with E-state index < -0.39 is 5.91 Å². The molecule has 27 heavy (non-hydrogen) atoms. The number of aromatic nitrogens is 1. The standard InChI is InChI=1S/C20H19N3O4/c1-23-11-16(19(25)15-5-3-4-6-17(15)23)20(26)22-14-9-7-13(8-10-14)21-18(24)12-27-2/h3-11H,12H2,1-2H3,(H,21,24)(H,22,26). The summed E-state index contributed by atoms with van der Waals surface area (Å²) >= 11 is 0. The topological polar surface area (TPSA) is 89.4 Å². The van der Waals surface area contributed by atoms with E-state index in [0.29, 0.717) is 16.8 Å². The van der Waals surface area contributed by atoms with Crippen LogP contribution in [0.3, 0.4) is 0 Å². The average Bonchev–Trinajstić information content (AvgIpc) is 2.66. The highest BCUT2D eigenvalue weighted by Gasteiger charge is 2.14. The van der Waals surface area contributed by atoms with Crippen LogP contribution in [0.15, 0.2) is 59.5 Å². The van der Waals surface area contributed by atoms with Gasteiger partial charge >= 0.3 is 0 Å². The van der Waals surface area contributed by atoms with Crippen molar-refractivity contribution in [3.8, 4) is 0 Å². The Hall–Kier alpha value is -3.45. The fourth-order valence-electron chi connectivity index (χ4n) is 2.77. The Morgan fingerprint density at radius 2 is 1.63 bits per heavy atom. The summed E-state index contributed by atoms with van der Waals surface area (Å²) in [6.45, 7) is -0.0380. The van der Waals surface area contributed by atoms with Crippen LogP contribution in [0.5, 0.6) is 0 Å². The molecule has 0 bridgehead atoms. The quantitative estimate of drug-likeness (QED) is 0.726. The van der Waals surface area contributed by atoms with Crippen LogP contribution in [-0.4, -0.2) is 30.1 Å². The fraction of sp³-hybridized carbons (Fsp3) is 0.150. The molecule has 0 unspecified atom stereocenters. The molecule has 3 rings (SSSR count). The average molecular weight is 365 g/mol. The van der Waals surface area contributed by atoms with Crippen LogP contribution in [0.25, 0.3) is 10.9 Å². The van der Waals surface area contributed by atoms with Gasteiger partial charge in [-0.25, -0.2) is 0 Å². The van der Waals surface area contributed by atoms with E-state index in [0.717, 1.165) is 5.52 Å². The van der Waals surface area contributed by atoms with E-state index in [1.165, 1.54) is 13.3 Å². The van der Waals surface area contributed by atoms with Crippen molar-refractivity contribution in [1.82, 2.24) is 4.57 Å². The van der Waals surface area contributed by atoms with Gasteiger partial charge in [-0.2, -0.15) is 0 Å². The first-order chi connectivity index (χ1) is 13.0. The molecule has 7 heteroatoms. The number of fused-ring (bicyclic) bond motifs is 1. The lowest BCUT2D eigenvalue weighted by atomic mass is 10.1. The molecule has 0 atom stereocenters. The zero-order valence-electron chi connectivity index (χ0n) is 15.0. The molecule has 0 aliphatic carbocycles. The molecule has 0 radical (unpaired) electrons. The number of carbonyl (C=O) groups excluding carboxylic acids is 2. The Balaban J connectivity index is 1.80. The van der Waals surface area contributed by atoms with Crippen molar-refractivity contribution in [3.63, 3.8) is 0 Å². The van der Waals surface area contributed by atoms with E-state index in [1.807, 2.05) is 12.1 Å². The molecule has 2 N–H and O–H groups in total. The first-order valence-corrected chi connectivity index (χ1v) is 8.28. The number of benzene rings is 2. The number of ether oxygens (including phenoxy) is 1. The second kappa shape index (κ2) is 7.84. The minimum Gasteiger partial charge on any atom is -0.375 e. The number of amides is 2. The van der Waals surface area contributed by atoms with Crippen molar-refractivity contribution in [2.75, 3.05) is 24.4 Å². The monoisotopic (exact) mass is 365 g/mol. The van der Waals surface area contributed by atoms with Gasteiger partial charge in [-0.15, -0.1) is 0 Å². The van der Waals surface area contributed by atoms with Crippen LogP contribution in [0.1, 0.15) is 10.4 Å². The largest absolute Gasteiger partial charge is 0.375 e. The number of hydrogen-bond donors (Lipinski definition) is 2. The predicted molar refractivity (Wildman–Crippen MR) is 104 cm³/mol. The maximum Gasteiger partial charge on any atom is 0.261 e. The normalized spacial score (nSPS) is 10.6. The van der Waals surface area contributed by atoms with Gasteiger partial charge in [0.15, 0.2) is 0 Å². The molecule has 0 saturated heterocycles. The first-order valence-electron chi connectivity index (χ1n) is 8.28. The number of hydrogen-bond acceptors (Lipinski definition) is 4.